The number of para-hydroxylation sites is 3. The smallest absolute Gasteiger partial charge is 0.164 e. The van der Waals surface area contributed by atoms with E-state index in [4.69, 9.17) is 15.0 Å². The lowest BCUT2D eigenvalue weighted by Crippen LogP contribution is -2.02. The largest absolute Gasteiger partial charge is 0.309 e. The molecule has 0 saturated carbocycles. The monoisotopic (exact) mass is 600 g/mol. The maximum absolute atomic E-state index is 5.16. The first-order valence-electron chi connectivity index (χ1n) is 15.8. The highest BCUT2D eigenvalue weighted by Crippen LogP contribution is 2.39. The molecule has 0 atom stereocenters. The Hall–Kier alpha value is -6.39. The summed E-state index contributed by atoms with van der Waals surface area (Å²) in [7, 11) is 0. The lowest BCUT2D eigenvalue weighted by Gasteiger charge is -2.17. The van der Waals surface area contributed by atoms with Crippen LogP contribution < -0.4 is 0 Å². The van der Waals surface area contributed by atoms with Gasteiger partial charge in [0.1, 0.15) is 0 Å². The lowest BCUT2D eigenvalue weighted by atomic mass is 9.97. The molecule has 0 amide bonds. The van der Waals surface area contributed by atoms with Gasteiger partial charge in [-0.05, 0) is 40.6 Å². The van der Waals surface area contributed by atoms with Crippen molar-refractivity contribution in [3.8, 4) is 51.0 Å². The maximum atomic E-state index is 5.16. The van der Waals surface area contributed by atoms with Gasteiger partial charge >= 0.3 is 0 Å². The Morgan fingerprint density at radius 1 is 0.340 bits per heavy atom. The molecule has 2 aromatic heterocycles. The minimum absolute atomic E-state index is 0.634. The predicted molar refractivity (Wildman–Crippen MR) is 193 cm³/mol. The molecule has 47 heavy (non-hydrogen) atoms. The minimum Gasteiger partial charge on any atom is -0.309 e. The van der Waals surface area contributed by atoms with Gasteiger partial charge in [-0.2, -0.15) is 0 Å². The van der Waals surface area contributed by atoms with E-state index in [1.54, 1.807) is 0 Å². The van der Waals surface area contributed by atoms with E-state index < -0.39 is 0 Å². The molecule has 0 unspecified atom stereocenters. The summed E-state index contributed by atoms with van der Waals surface area (Å²) >= 11 is 0. The highest BCUT2D eigenvalue weighted by molar-refractivity contribution is 6.10. The van der Waals surface area contributed by atoms with Crippen LogP contribution in [0.5, 0.6) is 0 Å². The van der Waals surface area contributed by atoms with Gasteiger partial charge < -0.3 is 4.57 Å². The molecule has 0 bridgehead atoms. The summed E-state index contributed by atoms with van der Waals surface area (Å²) in [5.74, 6) is 1.92. The van der Waals surface area contributed by atoms with Gasteiger partial charge in [-0.3, -0.25) is 0 Å². The molecule has 0 radical (unpaired) electrons. The van der Waals surface area contributed by atoms with E-state index in [-0.39, 0.29) is 0 Å². The summed E-state index contributed by atoms with van der Waals surface area (Å²) in [6.07, 6.45) is 0. The number of benzene rings is 7. The van der Waals surface area contributed by atoms with Crippen molar-refractivity contribution in [1.82, 2.24) is 19.5 Å². The predicted octanol–water partition coefficient (Wildman–Crippen LogP) is 10.8. The summed E-state index contributed by atoms with van der Waals surface area (Å²) < 4.78 is 2.38. The molecule has 9 aromatic rings. The molecule has 4 nitrogen and oxygen atoms in total. The van der Waals surface area contributed by atoms with Gasteiger partial charge in [0.15, 0.2) is 17.5 Å². The fourth-order valence-electron chi connectivity index (χ4n) is 6.66. The van der Waals surface area contributed by atoms with Crippen molar-refractivity contribution in [3.63, 3.8) is 0 Å². The SMILES string of the molecule is c1ccc(-c2nc(-c3ccc4ccccc4c3)nc(-c3ccccc3-c3ccccc3-n3c4ccccc4c4ccccc43)n2)cc1. The van der Waals surface area contributed by atoms with Crippen molar-refractivity contribution in [1.29, 1.82) is 0 Å². The number of fused-ring (bicyclic) bond motifs is 4. The average molecular weight is 601 g/mol. The van der Waals surface area contributed by atoms with Gasteiger partial charge in [0.05, 0.1) is 16.7 Å². The van der Waals surface area contributed by atoms with Crippen LogP contribution in [0.15, 0.2) is 170 Å². The Bertz CT molecular complexity index is 2530. The van der Waals surface area contributed by atoms with Gasteiger partial charge in [0.25, 0.3) is 0 Å². The quantitative estimate of drug-likeness (QED) is 0.197. The van der Waals surface area contributed by atoms with Gasteiger partial charge in [-0.25, -0.2) is 15.0 Å². The summed E-state index contributed by atoms with van der Waals surface area (Å²) in [4.78, 5) is 15.3. The molecule has 0 aliphatic heterocycles. The van der Waals surface area contributed by atoms with Gasteiger partial charge in [-0.1, -0.05) is 146 Å². The first kappa shape index (κ1) is 27.0. The highest BCUT2D eigenvalue weighted by Gasteiger charge is 2.19. The Kier molecular flexibility index (Phi) is 6.43. The molecule has 0 aliphatic carbocycles. The van der Waals surface area contributed by atoms with Crippen LogP contribution in [0.25, 0.3) is 83.6 Å². The number of nitrogens with zero attached hydrogens (tertiary/aromatic N) is 4. The fourth-order valence-corrected chi connectivity index (χ4v) is 6.66. The first-order valence-corrected chi connectivity index (χ1v) is 15.8. The summed E-state index contributed by atoms with van der Waals surface area (Å²) in [5.41, 5.74) is 8.44. The van der Waals surface area contributed by atoms with E-state index in [0.717, 1.165) is 38.9 Å². The third-order valence-electron chi connectivity index (χ3n) is 8.86. The van der Waals surface area contributed by atoms with Crippen LogP contribution in [0.3, 0.4) is 0 Å². The minimum atomic E-state index is 0.634. The van der Waals surface area contributed by atoms with E-state index in [1.807, 2.05) is 30.3 Å². The van der Waals surface area contributed by atoms with Crippen LogP contribution in [0.4, 0.5) is 0 Å². The van der Waals surface area contributed by atoms with Crippen molar-refractivity contribution >= 4 is 32.6 Å². The van der Waals surface area contributed by atoms with Crippen molar-refractivity contribution < 1.29 is 0 Å². The molecule has 9 rings (SSSR count). The summed E-state index contributed by atoms with van der Waals surface area (Å²) in [6.45, 7) is 0. The molecule has 220 valence electrons. The molecule has 0 saturated heterocycles. The Morgan fingerprint density at radius 2 is 0.872 bits per heavy atom. The van der Waals surface area contributed by atoms with Crippen LogP contribution in [0, 0.1) is 0 Å². The zero-order valence-corrected chi connectivity index (χ0v) is 25.5. The average Bonchev–Trinajstić information content (AvgIpc) is 3.49. The molecule has 0 fully saturated rings. The zero-order valence-electron chi connectivity index (χ0n) is 25.5. The zero-order chi connectivity index (χ0) is 31.2. The van der Waals surface area contributed by atoms with E-state index in [1.165, 1.54) is 27.2 Å². The van der Waals surface area contributed by atoms with E-state index in [9.17, 15) is 0 Å². The molecular formula is C43H28N4. The Labute approximate surface area is 272 Å². The Morgan fingerprint density at radius 3 is 1.62 bits per heavy atom. The number of aromatic nitrogens is 4. The first-order chi connectivity index (χ1) is 23.3. The molecule has 4 heteroatoms. The normalized spacial score (nSPS) is 11.4. The molecule has 0 spiro atoms. The van der Waals surface area contributed by atoms with Crippen molar-refractivity contribution in [2.75, 3.05) is 0 Å². The molecule has 0 aliphatic rings. The van der Waals surface area contributed by atoms with Gasteiger partial charge in [-0.15, -0.1) is 0 Å². The number of hydrogen-bond donors (Lipinski definition) is 0. The van der Waals surface area contributed by atoms with Gasteiger partial charge in [0, 0.05) is 33.0 Å². The third kappa shape index (κ3) is 4.66. The van der Waals surface area contributed by atoms with Crippen LogP contribution in [0.1, 0.15) is 0 Å². The highest BCUT2D eigenvalue weighted by atomic mass is 15.0. The lowest BCUT2D eigenvalue weighted by molar-refractivity contribution is 1.07. The summed E-state index contributed by atoms with van der Waals surface area (Å²) in [5, 5.41) is 4.79. The number of rotatable bonds is 5. The molecule has 2 heterocycles. The van der Waals surface area contributed by atoms with Gasteiger partial charge in [0.2, 0.25) is 0 Å². The molecule has 7 aromatic carbocycles. The third-order valence-corrected chi connectivity index (χ3v) is 8.86. The molecular weight excluding hydrogens is 573 g/mol. The second-order valence-electron chi connectivity index (χ2n) is 11.7. The van der Waals surface area contributed by atoms with Crippen LogP contribution >= 0.6 is 0 Å². The standard InChI is InChI=1S/C43H28N4/c1-2-15-30(16-3-1)41-44-42(32-27-26-29-14-4-5-17-31(29)28-32)46-43(45-41)37-22-7-6-18-33(37)34-19-8-11-23-38(34)47-39-24-12-9-20-35(39)36-21-10-13-25-40(36)47/h1-28H. The topological polar surface area (TPSA) is 43.6 Å². The van der Waals surface area contributed by atoms with Crippen molar-refractivity contribution in [2.24, 2.45) is 0 Å². The van der Waals surface area contributed by atoms with E-state index in [0.29, 0.717) is 17.5 Å². The van der Waals surface area contributed by atoms with Crippen molar-refractivity contribution in [3.05, 3.63) is 170 Å². The number of hydrogen-bond acceptors (Lipinski definition) is 3. The second kappa shape index (κ2) is 11.2. The van der Waals surface area contributed by atoms with Crippen molar-refractivity contribution in [2.45, 2.75) is 0 Å². The fraction of sp³-hybridized carbons (Fsp3) is 0. The van der Waals surface area contributed by atoms with Crippen LogP contribution in [0.2, 0.25) is 0 Å². The maximum Gasteiger partial charge on any atom is 0.164 e. The van der Waals surface area contributed by atoms with E-state index in [2.05, 4.69) is 144 Å². The molecule has 0 N–H and O–H groups in total. The van der Waals surface area contributed by atoms with E-state index >= 15 is 0 Å². The second-order valence-corrected chi connectivity index (χ2v) is 11.7. The van der Waals surface area contributed by atoms with Crippen LogP contribution in [-0.4, -0.2) is 19.5 Å². The summed E-state index contributed by atoms with van der Waals surface area (Å²) in [6, 6.07) is 59.2. The Balaban J connectivity index is 1.28. The van der Waals surface area contributed by atoms with Crippen LogP contribution in [-0.2, 0) is 0 Å².